The first-order chi connectivity index (χ1) is 12.0. The lowest BCUT2D eigenvalue weighted by atomic mass is 10.2. The van der Waals surface area contributed by atoms with Crippen molar-refractivity contribution in [1.82, 2.24) is 10.9 Å². The van der Waals surface area contributed by atoms with Crippen molar-refractivity contribution in [3.63, 3.8) is 0 Å². The normalized spacial score (nSPS) is 10.4. The van der Waals surface area contributed by atoms with E-state index >= 15 is 0 Å². The van der Waals surface area contributed by atoms with Crippen molar-refractivity contribution in [3.05, 3.63) is 65.5 Å². The molecule has 2 aromatic rings. The predicted molar refractivity (Wildman–Crippen MR) is 90.6 cm³/mol. The summed E-state index contributed by atoms with van der Waals surface area (Å²) in [6.07, 6.45) is 2.43. The zero-order chi connectivity index (χ0) is 18.2. The highest BCUT2D eigenvalue weighted by Gasteiger charge is 2.11. The van der Waals surface area contributed by atoms with Gasteiger partial charge in [0.05, 0.1) is 14.2 Å². The van der Waals surface area contributed by atoms with Gasteiger partial charge in [0, 0.05) is 17.2 Å². The van der Waals surface area contributed by atoms with E-state index in [4.69, 9.17) is 9.47 Å². The van der Waals surface area contributed by atoms with Crippen molar-refractivity contribution < 1.29 is 23.5 Å². The molecule has 0 aliphatic carbocycles. The molecule has 6 nitrogen and oxygen atoms in total. The van der Waals surface area contributed by atoms with Gasteiger partial charge in [-0.15, -0.1) is 0 Å². The number of methoxy groups -OCH3 is 2. The largest absolute Gasteiger partial charge is 0.493 e. The summed E-state index contributed by atoms with van der Waals surface area (Å²) < 4.78 is 23.6. The molecule has 0 bridgehead atoms. The van der Waals surface area contributed by atoms with Crippen molar-refractivity contribution in [2.24, 2.45) is 0 Å². The molecule has 2 aromatic carbocycles. The Kier molecular flexibility index (Phi) is 6.11. The molecule has 0 saturated carbocycles. The fourth-order valence-corrected chi connectivity index (χ4v) is 1.99. The number of benzene rings is 2. The van der Waals surface area contributed by atoms with Gasteiger partial charge in [-0.05, 0) is 30.3 Å². The molecule has 0 aromatic heterocycles. The van der Waals surface area contributed by atoms with Crippen LogP contribution in [0.3, 0.4) is 0 Å². The van der Waals surface area contributed by atoms with Gasteiger partial charge in [0.2, 0.25) is 0 Å². The Hall–Kier alpha value is -3.35. The minimum atomic E-state index is -0.600. The van der Waals surface area contributed by atoms with Crippen LogP contribution >= 0.6 is 0 Å². The third kappa shape index (κ3) is 4.81. The third-order valence-corrected chi connectivity index (χ3v) is 3.26. The molecule has 0 aliphatic heterocycles. The van der Waals surface area contributed by atoms with Crippen LogP contribution in [0.5, 0.6) is 11.5 Å². The van der Waals surface area contributed by atoms with Gasteiger partial charge in [0.25, 0.3) is 11.8 Å². The topological polar surface area (TPSA) is 76.7 Å². The molecule has 0 radical (unpaired) electrons. The molecule has 0 saturated heterocycles. The van der Waals surface area contributed by atoms with Crippen LogP contribution in [0.1, 0.15) is 15.9 Å². The summed E-state index contributed by atoms with van der Waals surface area (Å²) in [6.45, 7) is 0. The lowest BCUT2D eigenvalue weighted by Crippen LogP contribution is -2.40. The molecule has 130 valence electrons. The molecule has 7 heteroatoms. The summed E-state index contributed by atoms with van der Waals surface area (Å²) in [5.74, 6) is -0.705. The van der Waals surface area contributed by atoms with E-state index in [1.807, 2.05) is 0 Å². The fraction of sp³-hybridized carbons (Fsp3) is 0.111. The Balaban J connectivity index is 1.95. The second kappa shape index (κ2) is 8.49. The van der Waals surface area contributed by atoms with Crippen LogP contribution in [0.15, 0.2) is 48.5 Å². The monoisotopic (exact) mass is 344 g/mol. The second-order valence-electron chi connectivity index (χ2n) is 4.87. The quantitative estimate of drug-likeness (QED) is 0.645. The average molecular weight is 344 g/mol. The van der Waals surface area contributed by atoms with E-state index in [1.165, 1.54) is 44.6 Å². The average Bonchev–Trinajstić information content (AvgIpc) is 2.64. The fourth-order valence-electron chi connectivity index (χ4n) is 1.99. The van der Waals surface area contributed by atoms with Gasteiger partial charge >= 0.3 is 0 Å². The van der Waals surface area contributed by atoms with Crippen LogP contribution in [0.25, 0.3) is 6.08 Å². The van der Waals surface area contributed by atoms with Crippen LogP contribution in [0.4, 0.5) is 4.39 Å². The van der Waals surface area contributed by atoms with Gasteiger partial charge in [-0.25, -0.2) is 4.39 Å². The number of hydrogen-bond donors (Lipinski definition) is 2. The van der Waals surface area contributed by atoms with Gasteiger partial charge < -0.3 is 9.47 Å². The van der Waals surface area contributed by atoms with Crippen molar-refractivity contribution in [2.75, 3.05) is 14.2 Å². The van der Waals surface area contributed by atoms with E-state index in [1.54, 1.807) is 18.2 Å². The number of carbonyl (C=O) groups excluding carboxylic acids is 2. The van der Waals surface area contributed by atoms with E-state index in [0.29, 0.717) is 11.5 Å². The molecule has 2 amide bonds. The molecule has 0 spiro atoms. The van der Waals surface area contributed by atoms with Crippen molar-refractivity contribution >= 4 is 17.9 Å². The first-order valence-corrected chi connectivity index (χ1v) is 7.30. The Morgan fingerprint density at radius 2 is 1.72 bits per heavy atom. The third-order valence-electron chi connectivity index (χ3n) is 3.26. The Morgan fingerprint density at radius 3 is 2.40 bits per heavy atom. The number of nitrogens with one attached hydrogen (secondary N) is 2. The number of hydrogen-bond acceptors (Lipinski definition) is 4. The van der Waals surface area contributed by atoms with Crippen LogP contribution in [-0.2, 0) is 4.79 Å². The summed E-state index contributed by atoms with van der Waals surface area (Å²) in [6, 6.07) is 10.6. The number of halogens is 1. The van der Waals surface area contributed by atoms with Crippen molar-refractivity contribution in [1.29, 1.82) is 0 Å². The number of ether oxygens (including phenoxy) is 2. The first-order valence-electron chi connectivity index (χ1n) is 7.30. The highest BCUT2D eigenvalue weighted by Crippen LogP contribution is 2.27. The standard InChI is InChI=1S/C18H17FN2O4/c1-24-15-9-7-13(11-16(15)25-2)18(23)21-20-17(22)10-8-12-5-3-4-6-14(12)19/h3-11H,1-2H3,(H,20,22)(H,21,23)/b10-8+. The first kappa shape index (κ1) is 18.0. The van der Waals surface area contributed by atoms with Crippen LogP contribution in [0, 0.1) is 5.82 Å². The maximum atomic E-state index is 13.4. The predicted octanol–water partition coefficient (Wildman–Crippen LogP) is 2.32. The zero-order valence-corrected chi connectivity index (χ0v) is 13.7. The summed E-state index contributed by atoms with van der Waals surface area (Å²) >= 11 is 0. The summed E-state index contributed by atoms with van der Waals surface area (Å²) in [4.78, 5) is 23.7. The summed E-state index contributed by atoms with van der Waals surface area (Å²) in [5.41, 5.74) is 5.02. The lowest BCUT2D eigenvalue weighted by molar-refractivity contribution is -0.117. The molecule has 0 aliphatic rings. The van der Waals surface area contributed by atoms with Gasteiger partial charge in [-0.2, -0.15) is 0 Å². The number of amides is 2. The second-order valence-corrected chi connectivity index (χ2v) is 4.87. The smallest absolute Gasteiger partial charge is 0.269 e. The van der Waals surface area contributed by atoms with Crippen molar-refractivity contribution in [3.8, 4) is 11.5 Å². The molecule has 0 unspecified atom stereocenters. The molecule has 2 rings (SSSR count). The van der Waals surface area contributed by atoms with Gasteiger partial charge in [-0.3, -0.25) is 20.4 Å². The summed E-state index contributed by atoms with van der Waals surface area (Å²) in [5, 5.41) is 0. The Bertz CT molecular complexity index is 805. The molecule has 0 heterocycles. The highest BCUT2D eigenvalue weighted by atomic mass is 19.1. The SMILES string of the molecule is COc1ccc(C(=O)NNC(=O)/C=C/c2ccccc2F)cc1OC. The Morgan fingerprint density at radius 1 is 1.00 bits per heavy atom. The van der Waals surface area contributed by atoms with E-state index in [9.17, 15) is 14.0 Å². The minimum absolute atomic E-state index is 0.267. The molecular formula is C18H17FN2O4. The van der Waals surface area contributed by atoms with Crippen LogP contribution in [0.2, 0.25) is 0 Å². The van der Waals surface area contributed by atoms with E-state index in [-0.39, 0.29) is 11.1 Å². The molecular weight excluding hydrogens is 327 g/mol. The molecule has 2 N–H and O–H groups in total. The van der Waals surface area contributed by atoms with E-state index in [2.05, 4.69) is 10.9 Å². The number of carbonyl (C=O) groups is 2. The maximum absolute atomic E-state index is 13.4. The number of rotatable bonds is 5. The van der Waals surface area contributed by atoms with Crippen molar-refractivity contribution in [2.45, 2.75) is 0 Å². The molecule has 25 heavy (non-hydrogen) atoms. The highest BCUT2D eigenvalue weighted by molar-refractivity contribution is 5.98. The molecule has 0 atom stereocenters. The van der Waals surface area contributed by atoms with Crippen LogP contribution < -0.4 is 20.3 Å². The Labute approximate surface area is 144 Å². The maximum Gasteiger partial charge on any atom is 0.269 e. The minimum Gasteiger partial charge on any atom is -0.493 e. The van der Waals surface area contributed by atoms with Gasteiger partial charge in [-0.1, -0.05) is 18.2 Å². The molecule has 0 fully saturated rings. The van der Waals surface area contributed by atoms with E-state index in [0.717, 1.165) is 6.08 Å². The lowest BCUT2D eigenvalue weighted by Gasteiger charge is -2.10. The van der Waals surface area contributed by atoms with Crippen LogP contribution in [-0.4, -0.2) is 26.0 Å². The van der Waals surface area contributed by atoms with E-state index < -0.39 is 17.6 Å². The number of hydrazine groups is 1. The van der Waals surface area contributed by atoms with Gasteiger partial charge in [0.15, 0.2) is 11.5 Å². The van der Waals surface area contributed by atoms with Gasteiger partial charge in [0.1, 0.15) is 5.82 Å². The summed E-state index contributed by atoms with van der Waals surface area (Å²) in [7, 11) is 2.94. The zero-order valence-electron chi connectivity index (χ0n) is 13.7.